The summed E-state index contributed by atoms with van der Waals surface area (Å²) in [7, 11) is 0. The minimum absolute atomic E-state index is 0.0812. The van der Waals surface area contributed by atoms with Gasteiger partial charge in [0.05, 0.1) is 23.7 Å². The fourth-order valence-corrected chi connectivity index (χ4v) is 4.87. The summed E-state index contributed by atoms with van der Waals surface area (Å²) in [5.74, 6) is -0.393. The number of H-pyrrole nitrogens is 1. The minimum Gasteiger partial charge on any atom is -0.338 e. The zero-order valence-corrected chi connectivity index (χ0v) is 17.8. The zero-order chi connectivity index (χ0) is 21.4. The Balaban J connectivity index is 1.63. The third kappa shape index (κ3) is 3.03. The van der Waals surface area contributed by atoms with Crippen LogP contribution in [0.2, 0.25) is 0 Å². The van der Waals surface area contributed by atoms with Crippen molar-refractivity contribution >= 4 is 35.0 Å². The van der Waals surface area contributed by atoms with Crippen LogP contribution >= 0.6 is 11.8 Å². The lowest BCUT2D eigenvalue weighted by atomic mass is 9.97. The van der Waals surface area contributed by atoms with E-state index in [1.54, 1.807) is 4.90 Å². The summed E-state index contributed by atoms with van der Waals surface area (Å²) in [6.45, 7) is 2.82. The van der Waals surface area contributed by atoms with Gasteiger partial charge in [0.25, 0.3) is 11.6 Å². The van der Waals surface area contributed by atoms with Crippen molar-refractivity contribution in [2.75, 3.05) is 22.1 Å². The van der Waals surface area contributed by atoms with Crippen molar-refractivity contribution in [3.63, 3.8) is 0 Å². The summed E-state index contributed by atoms with van der Waals surface area (Å²) in [4.78, 5) is 34.8. The molecule has 2 aromatic carbocycles. The van der Waals surface area contributed by atoms with Gasteiger partial charge in [0.1, 0.15) is 6.33 Å². The molecular formula is C22H21N5O3S. The molecule has 1 aromatic heterocycles. The molecule has 3 aromatic rings. The summed E-state index contributed by atoms with van der Waals surface area (Å²) in [6, 6.07) is 15.1. The van der Waals surface area contributed by atoms with Gasteiger partial charge in [-0.3, -0.25) is 19.6 Å². The van der Waals surface area contributed by atoms with Crippen molar-refractivity contribution in [3.05, 3.63) is 66.0 Å². The normalized spacial score (nSPS) is 19.6. The molecule has 9 heteroatoms. The van der Waals surface area contributed by atoms with E-state index >= 15 is 0 Å². The molecule has 2 aliphatic heterocycles. The van der Waals surface area contributed by atoms with E-state index in [0.717, 1.165) is 17.7 Å². The van der Waals surface area contributed by atoms with Gasteiger partial charge in [0, 0.05) is 17.7 Å². The lowest BCUT2D eigenvalue weighted by Gasteiger charge is -2.43. The number of carbonyl (C=O) groups excluding carboxylic acids is 2. The second-order valence-electron chi connectivity index (χ2n) is 7.34. The molecule has 0 radical (unpaired) electrons. The number of anilines is 2. The lowest BCUT2D eigenvalue weighted by molar-refractivity contribution is -0.152. The van der Waals surface area contributed by atoms with Gasteiger partial charge >= 0.3 is 0 Å². The van der Waals surface area contributed by atoms with Crippen molar-refractivity contribution in [2.24, 2.45) is 0 Å². The number of fused-ring (bicyclic) bond motifs is 3. The third-order valence-corrected chi connectivity index (χ3v) is 6.36. The van der Waals surface area contributed by atoms with Crippen LogP contribution in [0.3, 0.4) is 0 Å². The molecule has 1 atom stereocenters. The van der Waals surface area contributed by atoms with Gasteiger partial charge in [-0.15, -0.1) is 0 Å². The second-order valence-corrected chi connectivity index (χ2v) is 8.31. The maximum atomic E-state index is 13.9. The monoisotopic (exact) mass is 435 g/mol. The summed E-state index contributed by atoms with van der Waals surface area (Å²) in [5.41, 5.74) is 1.53. The Bertz CT molecular complexity index is 1140. The van der Waals surface area contributed by atoms with Crippen molar-refractivity contribution in [1.82, 2.24) is 15.2 Å². The number of para-hydroxylation sites is 2. The van der Waals surface area contributed by atoms with Gasteiger partial charge in [-0.05, 0) is 18.6 Å². The average Bonchev–Trinajstić information content (AvgIpc) is 3.40. The first kappa shape index (κ1) is 19.8. The largest absolute Gasteiger partial charge is 0.338 e. The lowest BCUT2D eigenvalue weighted by Crippen LogP contribution is -2.60. The number of amides is 2. The Morgan fingerprint density at radius 2 is 1.97 bits per heavy atom. The van der Waals surface area contributed by atoms with Crippen LogP contribution in [-0.4, -0.2) is 39.3 Å². The zero-order valence-electron chi connectivity index (χ0n) is 16.9. The number of ether oxygens (including phenoxy) is 1. The molecule has 31 heavy (non-hydrogen) atoms. The van der Waals surface area contributed by atoms with Gasteiger partial charge in [0.2, 0.25) is 5.91 Å². The van der Waals surface area contributed by atoms with E-state index in [1.165, 1.54) is 23.0 Å². The van der Waals surface area contributed by atoms with E-state index in [2.05, 4.69) is 15.2 Å². The minimum atomic E-state index is -1.51. The topological polar surface area (TPSA) is 91.4 Å². The molecule has 5 rings (SSSR count). The van der Waals surface area contributed by atoms with Crippen LogP contribution < -0.4 is 9.80 Å². The van der Waals surface area contributed by atoms with Crippen molar-refractivity contribution in [3.8, 4) is 0 Å². The van der Waals surface area contributed by atoms with E-state index in [9.17, 15) is 9.59 Å². The molecule has 0 aliphatic carbocycles. The molecule has 8 nitrogen and oxygen atoms in total. The summed E-state index contributed by atoms with van der Waals surface area (Å²) in [6.07, 6.45) is 2.19. The molecule has 0 bridgehead atoms. The van der Waals surface area contributed by atoms with Crippen molar-refractivity contribution < 1.29 is 14.3 Å². The van der Waals surface area contributed by atoms with Crippen LogP contribution in [0.5, 0.6) is 0 Å². The number of aromatic nitrogens is 3. The molecule has 158 valence electrons. The van der Waals surface area contributed by atoms with Crippen LogP contribution in [0.25, 0.3) is 0 Å². The Hall–Kier alpha value is -3.17. The molecule has 2 aliphatic rings. The highest BCUT2D eigenvalue weighted by Gasteiger charge is 2.59. The van der Waals surface area contributed by atoms with Crippen LogP contribution in [0.1, 0.15) is 24.5 Å². The van der Waals surface area contributed by atoms with Crippen LogP contribution in [0.4, 0.5) is 11.4 Å². The summed E-state index contributed by atoms with van der Waals surface area (Å²) < 4.78 is 6.31. The predicted molar refractivity (Wildman–Crippen MR) is 117 cm³/mol. The Morgan fingerprint density at radius 3 is 2.74 bits per heavy atom. The first-order chi connectivity index (χ1) is 15.2. The number of hydrogen-bond donors (Lipinski definition) is 1. The van der Waals surface area contributed by atoms with Crippen molar-refractivity contribution in [2.45, 2.75) is 30.8 Å². The molecule has 0 saturated carbocycles. The van der Waals surface area contributed by atoms with Gasteiger partial charge in [-0.25, -0.2) is 4.98 Å². The fraction of sp³-hybridized carbons (Fsp3) is 0.273. The number of hydrogen-bond acceptors (Lipinski definition) is 6. The Labute approximate surface area is 183 Å². The molecule has 1 spiro atoms. The van der Waals surface area contributed by atoms with Gasteiger partial charge in [-0.2, -0.15) is 5.10 Å². The van der Waals surface area contributed by atoms with E-state index in [-0.39, 0.29) is 24.2 Å². The second kappa shape index (κ2) is 7.82. The van der Waals surface area contributed by atoms with E-state index in [4.69, 9.17) is 4.74 Å². The first-order valence-electron chi connectivity index (χ1n) is 10.1. The maximum Gasteiger partial charge on any atom is 0.286 e. The van der Waals surface area contributed by atoms with E-state index < -0.39 is 5.72 Å². The van der Waals surface area contributed by atoms with Crippen molar-refractivity contribution in [1.29, 1.82) is 0 Å². The van der Waals surface area contributed by atoms with Crippen LogP contribution in [-0.2, 0) is 26.7 Å². The quantitative estimate of drug-likeness (QED) is 0.620. The Kier molecular flexibility index (Phi) is 4.99. The van der Waals surface area contributed by atoms with E-state index in [0.29, 0.717) is 23.0 Å². The van der Waals surface area contributed by atoms with Gasteiger partial charge < -0.3 is 9.64 Å². The number of aromatic amines is 1. The standard InChI is InChI=1S/C22H21N5O3S/c1-2-11-26-18-10-6-4-8-16(18)22(20(26)29)27(17-9-5-3-7-15(17)12-30-22)19(28)13-31-21-23-14-24-25-21/h3-10,14H,2,11-13H2,1H3,(H,23,24,25)/t22-/m0/s1. The average molecular weight is 436 g/mol. The number of thioether (sulfide) groups is 1. The smallest absolute Gasteiger partial charge is 0.286 e. The van der Waals surface area contributed by atoms with E-state index in [1.807, 2.05) is 55.5 Å². The van der Waals surface area contributed by atoms with Gasteiger partial charge in [-0.1, -0.05) is 55.1 Å². The van der Waals surface area contributed by atoms with Gasteiger partial charge in [0.15, 0.2) is 5.16 Å². The third-order valence-electron chi connectivity index (χ3n) is 5.50. The highest BCUT2D eigenvalue weighted by molar-refractivity contribution is 7.99. The molecule has 3 heterocycles. The molecule has 0 saturated heterocycles. The number of nitrogens with one attached hydrogen (secondary N) is 1. The molecule has 2 amide bonds. The maximum absolute atomic E-state index is 13.9. The number of rotatable bonds is 5. The predicted octanol–water partition coefficient (Wildman–Crippen LogP) is 3.07. The van der Waals surface area contributed by atoms with Crippen LogP contribution in [0, 0.1) is 0 Å². The SMILES string of the molecule is CCCN1C(=O)[C@@]2(OCc3ccccc3N2C(=O)CSc2ncn[nH]2)c2ccccc21. The number of nitrogens with zero attached hydrogens (tertiary/aromatic N) is 4. The highest BCUT2D eigenvalue weighted by atomic mass is 32.2. The number of benzene rings is 2. The fourth-order valence-electron chi connectivity index (χ4n) is 4.24. The molecular weight excluding hydrogens is 414 g/mol. The highest BCUT2D eigenvalue weighted by Crippen LogP contribution is 2.50. The first-order valence-corrected chi connectivity index (χ1v) is 11.1. The summed E-state index contributed by atoms with van der Waals surface area (Å²) in [5, 5.41) is 7.11. The van der Waals surface area contributed by atoms with Crippen LogP contribution in [0.15, 0.2) is 60.0 Å². The molecule has 0 unspecified atom stereocenters. The number of carbonyl (C=O) groups is 2. The Morgan fingerprint density at radius 1 is 1.19 bits per heavy atom. The molecule has 0 fully saturated rings. The summed E-state index contributed by atoms with van der Waals surface area (Å²) >= 11 is 1.24. The molecule has 1 N–H and O–H groups in total.